The van der Waals surface area contributed by atoms with E-state index in [1.807, 2.05) is 13.0 Å². The molecular formula is C21H26FN5O2. The van der Waals surface area contributed by atoms with E-state index in [0.29, 0.717) is 57.8 Å². The van der Waals surface area contributed by atoms with Crippen LogP contribution in [0.1, 0.15) is 35.8 Å². The number of hydrogen-bond donors (Lipinski definition) is 1. The lowest BCUT2D eigenvalue weighted by Gasteiger charge is -2.33. The molecule has 1 unspecified atom stereocenters. The molecule has 2 aliphatic heterocycles. The standard InChI is InChI=1S/C21H26FN5O2/c1-2-27-10-6-18(24-27)20(29)26-11-8-21(15-26)14-25(9-7-19(28)23-21)13-16-4-3-5-17(22)12-16/h3-6,10,12H,2,7-9,11,13-15H2,1H3,(H,23,28). The molecule has 1 N–H and O–H groups in total. The maximum absolute atomic E-state index is 13.5. The van der Waals surface area contributed by atoms with Gasteiger partial charge in [-0.3, -0.25) is 19.2 Å². The summed E-state index contributed by atoms with van der Waals surface area (Å²) in [4.78, 5) is 29.2. The molecule has 0 bridgehead atoms. The average molecular weight is 399 g/mol. The van der Waals surface area contributed by atoms with Gasteiger partial charge in [0.1, 0.15) is 11.5 Å². The lowest BCUT2D eigenvalue weighted by atomic mass is 9.98. The van der Waals surface area contributed by atoms with E-state index in [9.17, 15) is 14.0 Å². The zero-order valence-electron chi connectivity index (χ0n) is 16.6. The highest BCUT2D eigenvalue weighted by Crippen LogP contribution is 2.27. The summed E-state index contributed by atoms with van der Waals surface area (Å²) in [6.07, 6.45) is 2.89. The summed E-state index contributed by atoms with van der Waals surface area (Å²) >= 11 is 0. The molecule has 7 nitrogen and oxygen atoms in total. The Morgan fingerprint density at radius 1 is 1.28 bits per heavy atom. The van der Waals surface area contributed by atoms with E-state index in [1.165, 1.54) is 12.1 Å². The van der Waals surface area contributed by atoms with Gasteiger partial charge in [-0.25, -0.2) is 4.39 Å². The first-order valence-electron chi connectivity index (χ1n) is 10.1. The van der Waals surface area contributed by atoms with Crippen molar-refractivity contribution in [2.45, 2.75) is 38.4 Å². The highest BCUT2D eigenvalue weighted by molar-refractivity contribution is 5.92. The number of carbonyl (C=O) groups excluding carboxylic acids is 2. The Balaban J connectivity index is 1.48. The molecule has 1 spiro atoms. The normalized spacial score (nSPS) is 22.7. The molecule has 8 heteroatoms. The molecule has 154 valence electrons. The van der Waals surface area contributed by atoms with Crippen LogP contribution < -0.4 is 5.32 Å². The number of carbonyl (C=O) groups is 2. The Labute approximate surface area is 169 Å². The molecule has 1 atom stereocenters. The van der Waals surface area contributed by atoms with Crippen LogP contribution in [0.25, 0.3) is 0 Å². The van der Waals surface area contributed by atoms with Gasteiger partial charge in [-0.15, -0.1) is 0 Å². The summed E-state index contributed by atoms with van der Waals surface area (Å²) in [5.74, 6) is -0.369. The van der Waals surface area contributed by atoms with Crippen LogP contribution in [0.15, 0.2) is 36.5 Å². The van der Waals surface area contributed by atoms with Crippen molar-refractivity contribution in [3.05, 3.63) is 53.6 Å². The Hall–Kier alpha value is -2.74. The lowest BCUT2D eigenvalue weighted by Crippen LogP contribution is -2.55. The SMILES string of the molecule is CCn1ccc(C(=O)N2CCC3(CN(Cc4cccc(F)c4)CCC(=O)N3)C2)n1. The van der Waals surface area contributed by atoms with Crippen molar-refractivity contribution in [1.82, 2.24) is 24.9 Å². The van der Waals surface area contributed by atoms with E-state index in [4.69, 9.17) is 0 Å². The van der Waals surface area contributed by atoms with Gasteiger partial charge in [0.2, 0.25) is 5.91 Å². The molecule has 1 aromatic carbocycles. The van der Waals surface area contributed by atoms with Crippen LogP contribution in [0.4, 0.5) is 4.39 Å². The number of halogens is 1. The van der Waals surface area contributed by atoms with Crippen LogP contribution >= 0.6 is 0 Å². The minimum absolute atomic E-state index is 0.00342. The molecule has 2 saturated heterocycles. The van der Waals surface area contributed by atoms with Crippen LogP contribution in [0.3, 0.4) is 0 Å². The third kappa shape index (κ3) is 4.32. The highest BCUT2D eigenvalue weighted by Gasteiger charge is 2.44. The van der Waals surface area contributed by atoms with Gasteiger partial charge in [0.15, 0.2) is 0 Å². The second-order valence-electron chi connectivity index (χ2n) is 7.95. The second-order valence-corrected chi connectivity index (χ2v) is 7.95. The minimum Gasteiger partial charge on any atom is -0.347 e. The van der Waals surface area contributed by atoms with Gasteiger partial charge in [-0.1, -0.05) is 12.1 Å². The fourth-order valence-corrected chi connectivity index (χ4v) is 4.28. The first-order valence-corrected chi connectivity index (χ1v) is 10.1. The molecule has 2 aromatic rings. The third-order valence-electron chi connectivity index (χ3n) is 5.71. The molecule has 4 rings (SSSR count). The smallest absolute Gasteiger partial charge is 0.274 e. The van der Waals surface area contributed by atoms with E-state index in [0.717, 1.165) is 5.56 Å². The van der Waals surface area contributed by atoms with Gasteiger partial charge in [-0.2, -0.15) is 5.10 Å². The summed E-state index contributed by atoms with van der Waals surface area (Å²) < 4.78 is 15.3. The van der Waals surface area contributed by atoms with Crippen molar-refractivity contribution in [2.24, 2.45) is 0 Å². The summed E-state index contributed by atoms with van der Waals surface area (Å²) in [6.45, 7) is 5.52. The number of nitrogens with one attached hydrogen (secondary N) is 1. The number of amides is 2. The zero-order valence-corrected chi connectivity index (χ0v) is 16.6. The van der Waals surface area contributed by atoms with Crippen LogP contribution in [0.5, 0.6) is 0 Å². The molecule has 3 heterocycles. The summed E-state index contributed by atoms with van der Waals surface area (Å²) in [5, 5.41) is 7.47. The topological polar surface area (TPSA) is 70.5 Å². The number of nitrogens with zero attached hydrogens (tertiary/aromatic N) is 4. The highest BCUT2D eigenvalue weighted by atomic mass is 19.1. The Morgan fingerprint density at radius 2 is 2.14 bits per heavy atom. The maximum atomic E-state index is 13.5. The summed E-state index contributed by atoms with van der Waals surface area (Å²) in [5.41, 5.74) is 0.829. The van der Waals surface area contributed by atoms with Crippen LogP contribution in [-0.4, -0.2) is 63.1 Å². The molecule has 0 saturated carbocycles. The van der Waals surface area contributed by atoms with Crippen molar-refractivity contribution in [3.63, 3.8) is 0 Å². The van der Waals surface area contributed by atoms with Crippen molar-refractivity contribution >= 4 is 11.8 Å². The van der Waals surface area contributed by atoms with Crippen molar-refractivity contribution in [1.29, 1.82) is 0 Å². The molecule has 2 aliphatic rings. The van der Waals surface area contributed by atoms with Gasteiger partial charge >= 0.3 is 0 Å². The fraction of sp³-hybridized carbons (Fsp3) is 0.476. The van der Waals surface area contributed by atoms with Crippen LogP contribution in [-0.2, 0) is 17.9 Å². The second kappa shape index (κ2) is 7.94. The predicted octanol–water partition coefficient (Wildman–Crippen LogP) is 1.65. The first-order chi connectivity index (χ1) is 14.0. The Morgan fingerprint density at radius 3 is 2.90 bits per heavy atom. The van der Waals surface area contributed by atoms with Crippen molar-refractivity contribution in [2.75, 3.05) is 26.2 Å². The van der Waals surface area contributed by atoms with Gasteiger partial charge in [0.05, 0.1) is 5.54 Å². The largest absolute Gasteiger partial charge is 0.347 e. The third-order valence-corrected chi connectivity index (χ3v) is 5.71. The van der Waals surface area contributed by atoms with Crippen LogP contribution in [0.2, 0.25) is 0 Å². The molecule has 2 fully saturated rings. The van der Waals surface area contributed by atoms with E-state index in [-0.39, 0.29) is 17.6 Å². The quantitative estimate of drug-likeness (QED) is 0.849. The Bertz CT molecular complexity index is 914. The molecule has 0 radical (unpaired) electrons. The van der Waals surface area contributed by atoms with E-state index < -0.39 is 5.54 Å². The Kier molecular flexibility index (Phi) is 5.36. The lowest BCUT2D eigenvalue weighted by molar-refractivity contribution is -0.122. The predicted molar refractivity (Wildman–Crippen MR) is 106 cm³/mol. The summed E-state index contributed by atoms with van der Waals surface area (Å²) in [6, 6.07) is 8.29. The fourth-order valence-electron chi connectivity index (χ4n) is 4.28. The van der Waals surface area contributed by atoms with Crippen molar-refractivity contribution < 1.29 is 14.0 Å². The number of likely N-dealkylation sites (tertiary alicyclic amines) is 1. The molecule has 29 heavy (non-hydrogen) atoms. The van der Waals surface area contributed by atoms with Crippen LogP contribution in [0, 0.1) is 5.82 Å². The zero-order chi connectivity index (χ0) is 20.4. The molecular weight excluding hydrogens is 373 g/mol. The molecule has 0 aliphatic carbocycles. The summed E-state index contributed by atoms with van der Waals surface area (Å²) in [7, 11) is 0. The maximum Gasteiger partial charge on any atom is 0.274 e. The average Bonchev–Trinajstić information content (AvgIpc) is 3.29. The van der Waals surface area contributed by atoms with Gasteiger partial charge in [0.25, 0.3) is 5.91 Å². The number of aryl methyl sites for hydroxylation is 1. The number of hydrogen-bond acceptors (Lipinski definition) is 4. The van der Waals surface area contributed by atoms with E-state index in [2.05, 4.69) is 15.3 Å². The van der Waals surface area contributed by atoms with E-state index >= 15 is 0 Å². The monoisotopic (exact) mass is 399 g/mol. The number of rotatable bonds is 4. The van der Waals surface area contributed by atoms with E-state index in [1.54, 1.807) is 27.9 Å². The first kappa shape index (κ1) is 19.6. The minimum atomic E-state index is -0.482. The molecule has 2 amide bonds. The van der Waals surface area contributed by atoms with Gasteiger partial charge in [0, 0.05) is 51.9 Å². The number of aromatic nitrogens is 2. The van der Waals surface area contributed by atoms with Crippen molar-refractivity contribution in [3.8, 4) is 0 Å². The molecule has 1 aromatic heterocycles. The van der Waals surface area contributed by atoms with Gasteiger partial charge < -0.3 is 10.2 Å². The number of benzene rings is 1. The van der Waals surface area contributed by atoms with Gasteiger partial charge in [-0.05, 0) is 37.1 Å².